The molecule has 106 valence electrons. The largest absolute Gasteiger partial charge is 0.494 e. The number of anilines is 1. The summed E-state index contributed by atoms with van der Waals surface area (Å²) in [5.41, 5.74) is 6.22. The summed E-state index contributed by atoms with van der Waals surface area (Å²) < 4.78 is 33.7. The van der Waals surface area contributed by atoms with Crippen LogP contribution in [-0.2, 0) is 9.84 Å². The van der Waals surface area contributed by atoms with Crippen LogP contribution < -0.4 is 15.2 Å². The minimum absolute atomic E-state index is 0.206. The van der Waals surface area contributed by atoms with Gasteiger partial charge in [0.05, 0.1) is 17.7 Å². The maximum Gasteiger partial charge on any atom is 0.175 e. The molecule has 0 bridgehead atoms. The molecule has 20 heavy (non-hydrogen) atoms. The van der Waals surface area contributed by atoms with Crippen LogP contribution in [0.5, 0.6) is 17.2 Å². The Hall–Kier alpha value is -2.21. The van der Waals surface area contributed by atoms with Gasteiger partial charge in [-0.3, -0.25) is 0 Å². The molecule has 5 nitrogen and oxygen atoms in total. The monoisotopic (exact) mass is 293 g/mol. The molecule has 0 amide bonds. The predicted molar refractivity (Wildman–Crippen MR) is 77.0 cm³/mol. The highest BCUT2D eigenvalue weighted by atomic mass is 32.2. The molecule has 0 fully saturated rings. The highest BCUT2D eigenvalue weighted by Crippen LogP contribution is 2.30. The average Bonchev–Trinajstić information content (AvgIpc) is 2.40. The minimum Gasteiger partial charge on any atom is -0.494 e. The van der Waals surface area contributed by atoms with E-state index in [4.69, 9.17) is 15.2 Å². The van der Waals surface area contributed by atoms with Crippen LogP contribution in [0.2, 0.25) is 0 Å². The first-order chi connectivity index (χ1) is 9.40. The lowest BCUT2D eigenvalue weighted by Crippen LogP contribution is -1.97. The quantitative estimate of drug-likeness (QED) is 0.876. The van der Waals surface area contributed by atoms with Crippen molar-refractivity contribution in [3.8, 4) is 17.2 Å². The van der Waals surface area contributed by atoms with Gasteiger partial charge in [0.2, 0.25) is 0 Å². The van der Waals surface area contributed by atoms with Crippen molar-refractivity contribution < 1.29 is 17.9 Å². The number of methoxy groups -OCH3 is 1. The molecule has 0 aliphatic heterocycles. The first kappa shape index (κ1) is 14.2. The van der Waals surface area contributed by atoms with Crippen LogP contribution in [0, 0.1) is 0 Å². The second kappa shape index (κ2) is 5.42. The third-order valence-corrected chi connectivity index (χ3v) is 3.78. The topological polar surface area (TPSA) is 78.6 Å². The van der Waals surface area contributed by atoms with Crippen molar-refractivity contribution in [3.05, 3.63) is 42.5 Å². The van der Waals surface area contributed by atoms with Gasteiger partial charge in [0, 0.05) is 12.3 Å². The average molecular weight is 293 g/mol. The van der Waals surface area contributed by atoms with Crippen molar-refractivity contribution in [1.29, 1.82) is 0 Å². The molecule has 6 heteroatoms. The summed E-state index contributed by atoms with van der Waals surface area (Å²) in [6, 6.07) is 11.3. The lowest BCUT2D eigenvalue weighted by Gasteiger charge is -2.10. The van der Waals surface area contributed by atoms with Crippen molar-refractivity contribution >= 4 is 15.5 Å². The number of sulfone groups is 1. The van der Waals surface area contributed by atoms with E-state index >= 15 is 0 Å². The van der Waals surface area contributed by atoms with E-state index in [1.165, 1.54) is 19.2 Å². The first-order valence-corrected chi connectivity index (χ1v) is 7.71. The lowest BCUT2D eigenvalue weighted by molar-refractivity contribution is 0.411. The Kier molecular flexibility index (Phi) is 3.85. The Morgan fingerprint density at radius 1 is 1.05 bits per heavy atom. The van der Waals surface area contributed by atoms with Crippen molar-refractivity contribution in [2.75, 3.05) is 19.1 Å². The molecule has 0 heterocycles. The molecular weight excluding hydrogens is 278 g/mol. The predicted octanol–water partition coefficient (Wildman–Crippen LogP) is 2.47. The fraction of sp³-hybridized carbons (Fsp3) is 0.143. The van der Waals surface area contributed by atoms with Gasteiger partial charge < -0.3 is 15.2 Å². The Morgan fingerprint density at radius 2 is 1.75 bits per heavy atom. The van der Waals surface area contributed by atoms with E-state index in [1.54, 1.807) is 30.3 Å². The molecule has 0 saturated carbocycles. The number of rotatable bonds is 4. The molecule has 2 rings (SSSR count). The maximum absolute atomic E-state index is 11.5. The van der Waals surface area contributed by atoms with Gasteiger partial charge in [0.15, 0.2) is 9.84 Å². The fourth-order valence-corrected chi connectivity index (χ4v) is 2.32. The van der Waals surface area contributed by atoms with Crippen molar-refractivity contribution in [1.82, 2.24) is 0 Å². The van der Waals surface area contributed by atoms with E-state index in [0.717, 1.165) is 6.26 Å². The van der Waals surface area contributed by atoms with Gasteiger partial charge in [-0.25, -0.2) is 8.42 Å². The molecule has 0 radical (unpaired) electrons. The zero-order chi connectivity index (χ0) is 14.8. The second-order valence-electron chi connectivity index (χ2n) is 4.25. The van der Waals surface area contributed by atoms with Crippen LogP contribution in [0.25, 0.3) is 0 Å². The van der Waals surface area contributed by atoms with Gasteiger partial charge in [-0.05, 0) is 30.3 Å². The van der Waals surface area contributed by atoms with E-state index in [0.29, 0.717) is 22.9 Å². The van der Waals surface area contributed by atoms with Crippen molar-refractivity contribution in [3.63, 3.8) is 0 Å². The molecule has 0 aliphatic carbocycles. The third kappa shape index (κ3) is 3.21. The smallest absolute Gasteiger partial charge is 0.175 e. The van der Waals surface area contributed by atoms with E-state index in [9.17, 15) is 8.42 Å². The highest BCUT2D eigenvalue weighted by molar-refractivity contribution is 7.90. The van der Waals surface area contributed by atoms with Crippen LogP contribution >= 0.6 is 0 Å². The van der Waals surface area contributed by atoms with Crippen molar-refractivity contribution in [2.24, 2.45) is 0 Å². The van der Waals surface area contributed by atoms with E-state index in [2.05, 4.69) is 0 Å². The van der Waals surface area contributed by atoms with Gasteiger partial charge in [-0.1, -0.05) is 6.07 Å². The Balaban J connectivity index is 2.31. The molecule has 2 aromatic rings. The van der Waals surface area contributed by atoms with Crippen LogP contribution in [-0.4, -0.2) is 21.8 Å². The maximum atomic E-state index is 11.5. The number of hydrogen-bond acceptors (Lipinski definition) is 5. The van der Waals surface area contributed by atoms with Gasteiger partial charge in [0.25, 0.3) is 0 Å². The van der Waals surface area contributed by atoms with Crippen LogP contribution in [0.4, 0.5) is 5.69 Å². The molecule has 0 atom stereocenters. The molecule has 0 spiro atoms. The zero-order valence-electron chi connectivity index (χ0n) is 11.2. The van der Waals surface area contributed by atoms with Crippen LogP contribution in [0.3, 0.4) is 0 Å². The van der Waals surface area contributed by atoms with Crippen LogP contribution in [0.1, 0.15) is 0 Å². The molecular formula is C14H15NO4S. The number of ether oxygens (including phenoxy) is 2. The number of benzene rings is 2. The SMILES string of the molecule is COc1cc(Oc2cccc(S(C)(=O)=O)c2)ccc1N. The summed E-state index contributed by atoms with van der Waals surface area (Å²) in [6.45, 7) is 0. The third-order valence-electron chi connectivity index (χ3n) is 2.67. The van der Waals surface area contributed by atoms with Crippen molar-refractivity contribution in [2.45, 2.75) is 4.90 Å². The zero-order valence-corrected chi connectivity index (χ0v) is 12.0. The number of hydrogen-bond donors (Lipinski definition) is 1. The van der Waals surface area contributed by atoms with Gasteiger partial charge in [0.1, 0.15) is 17.2 Å². The van der Waals surface area contributed by atoms with E-state index in [-0.39, 0.29) is 4.90 Å². The summed E-state index contributed by atoms with van der Waals surface area (Å²) >= 11 is 0. The Bertz CT molecular complexity index is 726. The Labute approximate surface area is 117 Å². The summed E-state index contributed by atoms with van der Waals surface area (Å²) in [5.74, 6) is 1.45. The molecule has 0 unspecified atom stereocenters. The minimum atomic E-state index is -3.26. The molecule has 0 saturated heterocycles. The first-order valence-electron chi connectivity index (χ1n) is 5.81. The summed E-state index contributed by atoms with van der Waals surface area (Å²) in [7, 11) is -1.75. The lowest BCUT2D eigenvalue weighted by atomic mass is 10.3. The molecule has 0 aliphatic rings. The summed E-state index contributed by atoms with van der Waals surface area (Å²) in [6.07, 6.45) is 1.15. The van der Waals surface area contributed by atoms with Gasteiger partial charge in [-0.15, -0.1) is 0 Å². The van der Waals surface area contributed by atoms with Crippen LogP contribution in [0.15, 0.2) is 47.4 Å². The molecule has 2 aromatic carbocycles. The van der Waals surface area contributed by atoms with E-state index < -0.39 is 9.84 Å². The summed E-state index contributed by atoms with van der Waals surface area (Å²) in [4.78, 5) is 0.206. The van der Waals surface area contributed by atoms with E-state index in [1.807, 2.05) is 0 Å². The molecule has 0 aromatic heterocycles. The number of nitrogen functional groups attached to an aromatic ring is 1. The second-order valence-corrected chi connectivity index (χ2v) is 6.27. The van der Waals surface area contributed by atoms with Gasteiger partial charge in [-0.2, -0.15) is 0 Å². The Morgan fingerprint density at radius 3 is 2.40 bits per heavy atom. The normalized spacial score (nSPS) is 11.1. The summed E-state index contributed by atoms with van der Waals surface area (Å²) in [5, 5.41) is 0. The molecule has 2 N–H and O–H groups in total. The standard InChI is InChI=1S/C14H15NO4S/c1-18-14-9-11(6-7-13(14)15)19-10-4-3-5-12(8-10)20(2,16)17/h3-9H,15H2,1-2H3. The highest BCUT2D eigenvalue weighted by Gasteiger charge is 2.09. The van der Waals surface area contributed by atoms with Gasteiger partial charge >= 0.3 is 0 Å². The fourth-order valence-electron chi connectivity index (χ4n) is 1.66. The number of nitrogens with two attached hydrogens (primary N) is 1.